The van der Waals surface area contributed by atoms with Gasteiger partial charge in [-0.1, -0.05) is 30.3 Å². The van der Waals surface area contributed by atoms with E-state index < -0.39 is 12.0 Å². The molecule has 0 aliphatic carbocycles. The minimum atomic E-state index is -0.769. The smallest absolute Gasteiger partial charge is 0.320 e. The van der Waals surface area contributed by atoms with Crippen molar-refractivity contribution in [3.63, 3.8) is 0 Å². The molecule has 1 heterocycles. The molecule has 0 bridgehead atoms. The van der Waals surface area contributed by atoms with E-state index in [0.29, 0.717) is 13.0 Å². The average molecular weight is 355 g/mol. The van der Waals surface area contributed by atoms with Crippen LogP contribution in [0.3, 0.4) is 0 Å². The largest absolute Gasteiger partial charge is 0.497 e. The molecular weight excluding hydrogens is 330 g/mol. The molecule has 0 saturated carbocycles. The quantitative estimate of drug-likeness (QED) is 0.820. The Morgan fingerprint density at radius 1 is 1.23 bits per heavy atom. The first kappa shape index (κ1) is 18.3. The maximum atomic E-state index is 11.8. The maximum absolute atomic E-state index is 11.8. The third-order valence-corrected chi connectivity index (χ3v) is 4.86. The summed E-state index contributed by atoms with van der Waals surface area (Å²) in [6.07, 6.45) is 1.54. The molecule has 5 nitrogen and oxygen atoms in total. The molecule has 0 spiro atoms. The molecule has 5 heteroatoms. The van der Waals surface area contributed by atoms with Crippen LogP contribution in [0.25, 0.3) is 0 Å². The van der Waals surface area contributed by atoms with Crippen LogP contribution < -0.4 is 9.47 Å². The SMILES string of the molecule is CCOc1ccccc1C(c1ccc(OC)cc1)N1CCCC1C(=O)O. The first-order valence-electron chi connectivity index (χ1n) is 9.00. The summed E-state index contributed by atoms with van der Waals surface area (Å²) in [5.41, 5.74) is 2.03. The Hall–Kier alpha value is -2.53. The third kappa shape index (κ3) is 3.68. The number of likely N-dealkylation sites (tertiary alicyclic amines) is 1. The normalized spacial score (nSPS) is 18.5. The molecular formula is C21H25NO4. The van der Waals surface area contributed by atoms with Crippen molar-refractivity contribution in [3.05, 3.63) is 59.7 Å². The summed E-state index contributed by atoms with van der Waals surface area (Å²) < 4.78 is 11.1. The van der Waals surface area contributed by atoms with E-state index in [1.165, 1.54) is 0 Å². The Balaban J connectivity index is 2.08. The summed E-state index contributed by atoms with van der Waals surface area (Å²) in [4.78, 5) is 13.9. The summed E-state index contributed by atoms with van der Waals surface area (Å²) >= 11 is 0. The van der Waals surface area contributed by atoms with Crippen LogP contribution in [-0.4, -0.2) is 42.3 Å². The fourth-order valence-electron chi connectivity index (χ4n) is 3.69. The van der Waals surface area contributed by atoms with E-state index in [4.69, 9.17) is 9.47 Å². The lowest BCUT2D eigenvalue weighted by atomic mass is 9.95. The summed E-state index contributed by atoms with van der Waals surface area (Å²) in [5.74, 6) is 0.809. The number of carboxylic acid groups (broad SMARTS) is 1. The molecule has 1 N–H and O–H groups in total. The third-order valence-electron chi connectivity index (χ3n) is 4.86. The average Bonchev–Trinajstić information content (AvgIpc) is 3.14. The van der Waals surface area contributed by atoms with Gasteiger partial charge in [-0.15, -0.1) is 0 Å². The Morgan fingerprint density at radius 2 is 1.96 bits per heavy atom. The van der Waals surface area contributed by atoms with Crippen molar-refractivity contribution < 1.29 is 19.4 Å². The Morgan fingerprint density at radius 3 is 2.62 bits per heavy atom. The van der Waals surface area contributed by atoms with Gasteiger partial charge in [0.05, 0.1) is 19.8 Å². The zero-order valence-corrected chi connectivity index (χ0v) is 15.2. The van der Waals surface area contributed by atoms with Crippen LogP contribution in [0.4, 0.5) is 0 Å². The summed E-state index contributed by atoms with van der Waals surface area (Å²) in [6.45, 7) is 3.26. The molecule has 138 valence electrons. The predicted molar refractivity (Wildman–Crippen MR) is 99.8 cm³/mol. The van der Waals surface area contributed by atoms with Crippen LogP contribution in [0.15, 0.2) is 48.5 Å². The van der Waals surface area contributed by atoms with Crippen molar-refractivity contribution >= 4 is 5.97 Å². The Labute approximate surface area is 154 Å². The van der Waals surface area contributed by atoms with Crippen LogP contribution in [0.5, 0.6) is 11.5 Å². The highest BCUT2D eigenvalue weighted by atomic mass is 16.5. The Bertz CT molecular complexity index is 744. The van der Waals surface area contributed by atoms with Crippen molar-refractivity contribution in [1.29, 1.82) is 0 Å². The second kappa shape index (κ2) is 8.23. The number of benzene rings is 2. The second-order valence-electron chi connectivity index (χ2n) is 6.38. The number of carboxylic acids is 1. The number of carbonyl (C=O) groups is 1. The molecule has 1 saturated heterocycles. The van der Waals surface area contributed by atoms with Crippen LogP contribution >= 0.6 is 0 Å². The fourth-order valence-corrected chi connectivity index (χ4v) is 3.69. The van der Waals surface area contributed by atoms with E-state index in [9.17, 15) is 9.90 Å². The van der Waals surface area contributed by atoms with Crippen molar-refractivity contribution in [1.82, 2.24) is 4.90 Å². The van der Waals surface area contributed by atoms with Gasteiger partial charge in [0.25, 0.3) is 0 Å². The van der Waals surface area contributed by atoms with Gasteiger partial charge in [-0.3, -0.25) is 9.69 Å². The van der Waals surface area contributed by atoms with Gasteiger partial charge in [0.2, 0.25) is 0 Å². The highest BCUT2D eigenvalue weighted by Crippen LogP contribution is 2.39. The standard InChI is InChI=1S/C21H25NO4/c1-3-26-19-9-5-4-7-17(19)20(15-10-12-16(25-2)13-11-15)22-14-6-8-18(22)21(23)24/h4-5,7,9-13,18,20H,3,6,8,14H2,1-2H3,(H,23,24). The van der Waals surface area contributed by atoms with Crippen molar-refractivity contribution in [2.24, 2.45) is 0 Å². The lowest BCUT2D eigenvalue weighted by molar-refractivity contribution is -0.142. The van der Waals surface area contributed by atoms with Gasteiger partial charge in [-0.05, 0) is 43.5 Å². The molecule has 2 atom stereocenters. The zero-order chi connectivity index (χ0) is 18.5. The van der Waals surface area contributed by atoms with Crippen LogP contribution in [-0.2, 0) is 4.79 Å². The number of para-hydroxylation sites is 1. The number of rotatable bonds is 7. The molecule has 1 aliphatic rings. The molecule has 0 amide bonds. The summed E-state index contributed by atoms with van der Waals surface area (Å²) in [6, 6.07) is 15.1. The number of aliphatic carboxylic acids is 1. The molecule has 2 unspecified atom stereocenters. The van der Waals surface area contributed by atoms with Crippen molar-refractivity contribution in [2.45, 2.75) is 31.8 Å². The van der Waals surface area contributed by atoms with Gasteiger partial charge in [-0.2, -0.15) is 0 Å². The molecule has 26 heavy (non-hydrogen) atoms. The van der Waals surface area contributed by atoms with Crippen molar-refractivity contribution in [3.8, 4) is 11.5 Å². The van der Waals surface area contributed by atoms with E-state index in [2.05, 4.69) is 4.90 Å². The molecule has 2 aromatic carbocycles. The predicted octanol–water partition coefficient (Wildman–Crippen LogP) is 3.73. The van der Waals surface area contributed by atoms with Gasteiger partial charge in [-0.25, -0.2) is 0 Å². The van der Waals surface area contributed by atoms with Crippen molar-refractivity contribution in [2.75, 3.05) is 20.3 Å². The van der Waals surface area contributed by atoms with Gasteiger partial charge in [0.1, 0.15) is 17.5 Å². The molecule has 1 fully saturated rings. The number of methoxy groups -OCH3 is 1. The van der Waals surface area contributed by atoms with Gasteiger partial charge >= 0.3 is 5.97 Å². The lowest BCUT2D eigenvalue weighted by Gasteiger charge is -2.33. The maximum Gasteiger partial charge on any atom is 0.320 e. The number of hydrogen-bond acceptors (Lipinski definition) is 4. The van der Waals surface area contributed by atoms with Gasteiger partial charge in [0.15, 0.2) is 0 Å². The molecule has 0 radical (unpaired) electrons. The highest BCUT2D eigenvalue weighted by Gasteiger charge is 2.37. The monoisotopic (exact) mass is 355 g/mol. The molecule has 0 aromatic heterocycles. The number of nitrogens with zero attached hydrogens (tertiary/aromatic N) is 1. The van der Waals surface area contributed by atoms with Crippen LogP contribution in [0.1, 0.15) is 36.9 Å². The first-order chi connectivity index (χ1) is 12.7. The lowest BCUT2D eigenvalue weighted by Crippen LogP contribution is -2.39. The Kier molecular flexibility index (Phi) is 5.78. The number of ether oxygens (including phenoxy) is 2. The first-order valence-corrected chi connectivity index (χ1v) is 9.00. The molecule has 3 rings (SSSR count). The van der Waals surface area contributed by atoms with Crippen LogP contribution in [0, 0.1) is 0 Å². The summed E-state index contributed by atoms with van der Waals surface area (Å²) in [5, 5.41) is 9.69. The highest BCUT2D eigenvalue weighted by molar-refractivity contribution is 5.74. The minimum Gasteiger partial charge on any atom is -0.497 e. The van der Waals surface area contributed by atoms with E-state index >= 15 is 0 Å². The van der Waals surface area contributed by atoms with Gasteiger partial charge < -0.3 is 14.6 Å². The van der Waals surface area contributed by atoms with E-state index in [-0.39, 0.29) is 6.04 Å². The zero-order valence-electron chi connectivity index (χ0n) is 15.2. The second-order valence-corrected chi connectivity index (χ2v) is 6.38. The van der Waals surface area contributed by atoms with E-state index in [0.717, 1.165) is 35.6 Å². The van der Waals surface area contributed by atoms with E-state index in [1.54, 1.807) is 7.11 Å². The molecule has 2 aromatic rings. The summed E-state index contributed by atoms with van der Waals surface area (Å²) in [7, 11) is 1.64. The van der Waals surface area contributed by atoms with Crippen LogP contribution in [0.2, 0.25) is 0 Å². The fraction of sp³-hybridized carbons (Fsp3) is 0.381. The topological polar surface area (TPSA) is 59.0 Å². The van der Waals surface area contributed by atoms with E-state index in [1.807, 2.05) is 55.5 Å². The minimum absolute atomic E-state index is 0.174. The molecule has 1 aliphatic heterocycles. The number of hydrogen-bond donors (Lipinski definition) is 1. The van der Waals surface area contributed by atoms with Gasteiger partial charge in [0, 0.05) is 12.1 Å².